The average molecular weight is 250 g/mol. The van der Waals surface area contributed by atoms with Crippen molar-refractivity contribution in [3.05, 3.63) is 0 Å². The van der Waals surface area contributed by atoms with E-state index in [1.165, 1.54) is 0 Å². The lowest BCUT2D eigenvalue weighted by molar-refractivity contribution is -0.122. The molecule has 1 amide bonds. The predicted octanol–water partition coefficient (Wildman–Crippen LogP) is -1.47. The Labute approximate surface area is 95.7 Å². The summed E-state index contributed by atoms with van der Waals surface area (Å²) in [6.45, 7) is 2.12. The van der Waals surface area contributed by atoms with Crippen LogP contribution >= 0.6 is 0 Å². The minimum atomic E-state index is -3.01. The maximum absolute atomic E-state index is 11.4. The Morgan fingerprint density at radius 1 is 1.56 bits per heavy atom. The zero-order chi connectivity index (χ0) is 12.0. The first-order chi connectivity index (χ1) is 7.47. The molecule has 0 bridgehead atoms. The van der Waals surface area contributed by atoms with E-state index in [-0.39, 0.29) is 24.2 Å². The van der Waals surface area contributed by atoms with Gasteiger partial charge in [0, 0.05) is 31.8 Å². The first kappa shape index (κ1) is 13.4. The molecule has 1 atom stereocenters. The molecule has 1 saturated heterocycles. The van der Waals surface area contributed by atoms with Crippen molar-refractivity contribution in [2.45, 2.75) is 12.5 Å². The van der Waals surface area contributed by atoms with Crippen molar-refractivity contribution >= 4 is 15.7 Å². The molecule has 0 radical (unpaired) electrons. The molecule has 0 aliphatic carbocycles. The molecule has 0 aromatic heterocycles. The summed E-state index contributed by atoms with van der Waals surface area (Å²) in [4.78, 5) is 11.4. The third-order valence-corrected chi connectivity index (χ3v) is 3.17. The molecule has 16 heavy (non-hydrogen) atoms. The van der Waals surface area contributed by atoms with Crippen LogP contribution in [0.3, 0.4) is 0 Å². The SMILES string of the molecule is CS(=O)(=O)CCNC(=O)CC1COCCN1. The number of nitrogens with one attached hydrogen (secondary N) is 2. The Morgan fingerprint density at radius 3 is 2.88 bits per heavy atom. The Hall–Kier alpha value is -0.660. The third-order valence-electron chi connectivity index (χ3n) is 2.23. The molecule has 1 rings (SSSR count). The van der Waals surface area contributed by atoms with Gasteiger partial charge in [-0.15, -0.1) is 0 Å². The van der Waals surface area contributed by atoms with Crippen LogP contribution in [0, 0.1) is 0 Å². The molecule has 7 heteroatoms. The lowest BCUT2D eigenvalue weighted by Crippen LogP contribution is -2.44. The van der Waals surface area contributed by atoms with Crippen molar-refractivity contribution < 1.29 is 17.9 Å². The summed E-state index contributed by atoms with van der Waals surface area (Å²) < 4.78 is 26.8. The second-order valence-electron chi connectivity index (χ2n) is 3.91. The highest BCUT2D eigenvalue weighted by Gasteiger charge is 2.16. The Bertz CT molecular complexity index is 322. The maximum atomic E-state index is 11.4. The number of rotatable bonds is 5. The van der Waals surface area contributed by atoms with Gasteiger partial charge in [0.15, 0.2) is 0 Å². The Morgan fingerprint density at radius 2 is 2.31 bits per heavy atom. The number of carbonyl (C=O) groups is 1. The maximum Gasteiger partial charge on any atom is 0.221 e. The van der Waals surface area contributed by atoms with E-state index >= 15 is 0 Å². The van der Waals surface area contributed by atoms with Gasteiger partial charge in [0.1, 0.15) is 9.84 Å². The van der Waals surface area contributed by atoms with Gasteiger partial charge >= 0.3 is 0 Å². The van der Waals surface area contributed by atoms with Crippen LogP contribution in [0.4, 0.5) is 0 Å². The molecular formula is C9H18N2O4S. The molecule has 1 aliphatic heterocycles. The quantitative estimate of drug-likeness (QED) is 0.622. The summed E-state index contributed by atoms with van der Waals surface area (Å²) in [6.07, 6.45) is 1.47. The summed E-state index contributed by atoms with van der Waals surface area (Å²) in [5.74, 6) is -0.167. The van der Waals surface area contributed by atoms with Crippen LogP contribution in [0.2, 0.25) is 0 Å². The fourth-order valence-corrected chi connectivity index (χ4v) is 1.90. The summed E-state index contributed by atoms with van der Waals surface area (Å²) in [5, 5.41) is 5.73. The van der Waals surface area contributed by atoms with Crippen molar-refractivity contribution in [2.24, 2.45) is 0 Å². The molecular weight excluding hydrogens is 232 g/mol. The highest BCUT2D eigenvalue weighted by molar-refractivity contribution is 7.90. The monoisotopic (exact) mass is 250 g/mol. The standard InChI is InChI=1S/C9H18N2O4S/c1-16(13,14)5-3-11-9(12)6-8-7-15-4-2-10-8/h8,10H,2-7H2,1H3,(H,11,12). The Kier molecular flexibility index (Phi) is 5.17. The molecule has 1 unspecified atom stereocenters. The van der Waals surface area contributed by atoms with E-state index in [4.69, 9.17) is 4.74 Å². The molecule has 0 aromatic rings. The van der Waals surface area contributed by atoms with Crippen LogP contribution in [-0.4, -0.2) is 58.7 Å². The molecule has 0 spiro atoms. The Balaban J connectivity index is 2.15. The number of hydrogen-bond acceptors (Lipinski definition) is 5. The molecule has 1 heterocycles. The van der Waals surface area contributed by atoms with Crippen molar-refractivity contribution in [3.8, 4) is 0 Å². The number of morpholine rings is 1. The number of amides is 1. The minimum absolute atomic E-state index is 0.0205. The first-order valence-corrected chi connectivity index (χ1v) is 7.29. The molecule has 2 N–H and O–H groups in total. The highest BCUT2D eigenvalue weighted by Crippen LogP contribution is 1.97. The largest absolute Gasteiger partial charge is 0.378 e. The van der Waals surface area contributed by atoms with E-state index in [1.807, 2.05) is 0 Å². The van der Waals surface area contributed by atoms with E-state index < -0.39 is 9.84 Å². The van der Waals surface area contributed by atoms with E-state index in [9.17, 15) is 13.2 Å². The van der Waals surface area contributed by atoms with Gasteiger partial charge in [-0.05, 0) is 0 Å². The van der Waals surface area contributed by atoms with Gasteiger partial charge in [-0.25, -0.2) is 8.42 Å². The first-order valence-electron chi connectivity index (χ1n) is 5.23. The summed E-state index contributed by atoms with van der Waals surface area (Å²) in [6, 6.07) is 0.0342. The van der Waals surface area contributed by atoms with Crippen LogP contribution in [0.5, 0.6) is 0 Å². The van der Waals surface area contributed by atoms with Crippen molar-refractivity contribution in [3.63, 3.8) is 0 Å². The van der Waals surface area contributed by atoms with E-state index in [1.54, 1.807) is 0 Å². The number of carbonyl (C=O) groups excluding carboxylic acids is 1. The normalized spacial score (nSPS) is 21.7. The van der Waals surface area contributed by atoms with Gasteiger partial charge in [0.25, 0.3) is 0 Å². The lowest BCUT2D eigenvalue weighted by Gasteiger charge is -2.23. The van der Waals surface area contributed by atoms with Gasteiger partial charge < -0.3 is 15.4 Å². The summed E-state index contributed by atoms with van der Waals surface area (Å²) >= 11 is 0. The zero-order valence-corrected chi connectivity index (χ0v) is 10.2. The zero-order valence-electron chi connectivity index (χ0n) is 9.36. The number of sulfone groups is 1. The van der Waals surface area contributed by atoms with Gasteiger partial charge in [0.05, 0.1) is 19.0 Å². The smallest absolute Gasteiger partial charge is 0.221 e. The van der Waals surface area contributed by atoms with Crippen LogP contribution in [0.25, 0.3) is 0 Å². The highest BCUT2D eigenvalue weighted by atomic mass is 32.2. The van der Waals surface area contributed by atoms with Gasteiger partial charge in [-0.2, -0.15) is 0 Å². The predicted molar refractivity (Wildman–Crippen MR) is 59.9 cm³/mol. The topological polar surface area (TPSA) is 84.5 Å². The van der Waals surface area contributed by atoms with Gasteiger partial charge in [0.2, 0.25) is 5.91 Å². The fraction of sp³-hybridized carbons (Fsp3) is 0.889. The van der Waals surface area contributed by atoms with Crippen LogP contribution < -0.4 is 10.6 Å². The van der Waals surface area contributed by atoms with E-state index in [2.05, 4.69) is 10.6 Å². The lowest BCUT2D eigenvalue weighted by atomic mass is 10.2. The van der Waals surface area contributed by atoms with Crippen molar-refractivity contribution in [1.82, 2.24) is 10.6 Å². The minimum Gasteiger partial charge on any atom is -0.378 e. The summed E-state index contributed by atoms with van der Waals surface area (Å²) in [7, 11) is -3.01. The van der Waals surface area contributed by atoms with Crippen molar-refractivity contribution in [2.75, 3.05) is 38.3 Å². The van der Waals surface area contributed by atoms with Crippen LogP contribution in [0.1, 0.15) is 6.42 Å². The van der Waals surface area contributed by atoms with Gasteiger partial charge in [-0.3, -0.25) is 4.79 Å². The molecule has 6 nitrogen and oxygen atoms in total. The number of hydrogen-bond donors (Lipinski definition) is 2. The molecule has 94 valence electrons. The second kappa shape index (κ2) is 6.17. The molecule has 0 saturated carbocycles. The molecule has 1 fully saturated rings. The number of ether oxygens (including phenoxy) is 1. The second-order valence-corrected chi connectivity index (χ2v) is 6.17. The molecule has 1 aliphatic rings. The van der Waals surface area contributed by atoms with Crippen molar-refractivity contribution in [1.29, 1.82) is 0 Å². The third kappa shape index (κ3) is 6.04. The van der Waals surface area contributed by atoms with E-state index in [0.717, 1.165) is 12.8 Å². The van der Waals surface area contributed by atoms with Crippen LogP contribution in [0.15, 0.2) is 0 Å². The summed E-state index contributed by atoms with van der Waals surface area (Å²) in [5.41, 5.74) is 0. The molecule has 0 aromatic carbocycles. The van der Waals surface area contributed by atoms with Crippen LogP contribution in [-0.2, 0) is 19.4 Å². The van der Waals surface area contributed by atoms with Gasteiger partial charge in [-0.1, -0.05) is 0 Å². The average Bonchev–Trinajstić information content (AvgIpc) is 2.17. The van der Waals surface area contributed by atoms with E-state index in [0.29, 0.717) is 19.6 Å². The fourth-order valence-electron chi connectivity index (χ4n) is 1.42.